The van der Waals surface area contributed by atoms with Crippen LogP contribution in [0.4, 0.5) is 4.79 Å². The lowest BCUT2D eigenvalue weighted by atomic mass is 9.96. The summed E-state index contributed by atoms with van der Waals surface area (Å²) in [7, 11) is 0. The largest absolute Gasteiger partial charge is 0.369 e. The molecule has 1 heterocycles. The van der Waals surface area contributed by atoms with Crippen molar-refractivity contribution in [2.75, 3.05) is 13.1 Å². The van der Waals surface area contributed by atoms with Gasteiger partial charge in [0.1, 0.15) is 0 Å². The van der Waals surface area contributed by atoms with Crippen molar-refractivity contribution in [3.63, 3.8) is 0 Å². The molecule has 0 radical (unpaired) electrons. The van der Waals surface area contributed by atoms with Crippen molar-refractivity contribution >= 4 is 33.9 Å². The van der Waals surface area contributed by atoms with Crippen LogP contribution >= 0.6 is 15.9 Å². The number of halogens is 1. The molecule has 3 N–H and O–H groups in total. The first-order valence-corrected chi connectivity index (χ1v) is 7.63. The molecule has 21 heavy (non-hydrogen) atoms. The van der Waals surface area contributed by atoms with Gasteiger partial charge in [0.25, 0.3) is 0 Å². The fourth-order valence-corrected chi connectivity index (χ4v) is 2.69. The smallest absolute Gasteiger partial charge is 0.321 e. The van der Waals surface area contributed by atoms with Crippen molar-refractivity contribution in [1.82, 2.24) is 10.2 Å². The number of amides is 3. The van der Waals surface area contributed by atoms with E-state index in [1.165, 1.54) is 0 Å². The summed E-state index contributed by atoms with van der Waals surface area (Å²) in [5.74, 6) is -0.381. The molecule has 1 aromatic rings. The van der Waals surface area contributed by atoms with Crippen LogP contribution in [0.25, 0.3) is 6.08 Å². The van der Waals surface area contributed by atoms with E-state index in [2.05, 4.69) is 21.2 Å². The Bertz CT molecular complexity index is 552. The van der Waals surface area contributed by atoms with Crippen molar-refractivity contribution < 1.29 is 9.59 Å². The number of nitrogens with zero attached hydrogens (tertiary/aromatic N) is 1. The van der Waals surface area contributed by atoms with Crippen LogP contribution in [-0.2, 0) is 4.79 Å². The third-order valence-electron chi connectivity index (χ3n) is 3.56. The van der Waals surface area contributed by atoms with Crippen molar-refractivity contribution in [1.29, 1.82) is 0 Å². The molecule has 1 aliphatic heterocycles. The highest BCUT2D eigenvalue weighted by molar-refractivity contribution is 9.10. The molecule has 1 aromatic carbocycles. The molecule has 5 nitrogen and oxygen atoms in total. The van der Waals surface area contributed by atoms with Crippen LogP contribution in [0.5, 0.6) is 0 Å². The van der Waals surface area contributed by atoms with Crippen molar-refractivity contribution in [2.24, 2.45) is 11.7 Å². The maximum Gasteiger partial charge on any atom is 0.321 e. The van der Waals surface area contributed by atoms with E-state index < -0.39 is 0 Å². The van der Waals surface area contributed by atoms with Gasteiger partial charge in [-0.1, -0.05) is 34.1 Å². The average molecular weight is 352 g/mol. The number of carbonyl (C=O) groups is 2. The van der Waals surface area contributed by atoms with E-state index in [4.69, 9.17) is 5.73 Å². The molecule has 6 heteroatoms. The van der Waals surface area contributed by atoms with E-state index in [-0.39, 0.29) is 17.9 Å². The molecule has 1 fully saturated rings. The zero-order valence-electron chi connectivity index (χ0n) is 11.6. The van der Waals surface area contributed by atoms with Crippen LogP contribution in [0.1, 0.15) is 18.4 Å². The van der Waals surface area contributed by atoms with Gasteiger partial charge < -0.3 is 16.0 Å². The summed E-state index contributed by atoms with van der Waals surface area (Å²) in [4.78, 5) is 24.8. The molecule has 1 saturated heterocycles. The number of benzene rings is 1. The monoisotopic (exact) mass is 351 g/mol. The molecular weight excluding hydrogens is 334 g/mol. The molecule has 0 unspecified atom stereocenters. The second-order valence-electron chi connectivity index (χ2n) is 4.97. The zero-order valence-corrected chi connectivity index (χ0v) is 13.2. The molecule has 0 atom stereocenters. The second kappa shape index (κ2) is 7.26. The highest BCUT2D eigenvalue weighted by atomic mass is 79.9. The van der Waals surface area contributed by atoms with Crippen LogP contribution in [0.15, 0.2) is 34.9 Å². The van der Waals surface area contributed by atoms with Gasteiger partial charge >= 0.3 is 6.03 Å². The summed E-state index contributed by atoms with van der Waals surface area (Å²) in [5, 5.41) is 2.74. The third kappa shape index (κ3) is 4.32. The zero-order chi connectivity index (χ0) is 15.2. The van der Waals surface area contributed by atoms with Crippen LogP contribution in [0.2, 0.25) is 0 Å². The molecular formula is C15H18BrN3O2. The van der Waals surface area contributed by atoms with Gasteiger partial charge in [-0.25, -0.2) is 4.79 Å². The Morgan fingerprint density at radius 2 is 1.95 bits per heavy atom. The molecule has 0 spiro atoms. The van der Waals surface area contributed by atoms with Crippen molar-refractivity contribution in [3.8, 4) is 0 Å². The van der Waals surface area contributed by atoms with Gasteiger partial charge in [-0.2, -0.15) is 0 Å². The normalized spacial score (nSPS) is 16.1. The average Bonchev–Trinajstić information content (AvgIpc) is 2.49. The lowest BCUT2D eigenvalue weighted by molar-refractivity contribution is -0.122. The minimum Gasteiger partial charge on any atom is -0.369 e. The fraction of sp³-hybridized carbons (Fsp3) is 0.333. The first kappa shape index (κ1) is 15.6. The maximum absolute atomic E-state index is 12.0. The van der Waals surface area contributed by atoms with Crippen molar-refractivity contribution in [2.45, 2.75) is 12.8 Å². The fourth-order valence-electron chi connectivity index (χ4n) is 2.27. The molecule has 0 saturated carbocycles. The van der Waals surface area contributed by atoms with Gasteiger partial charge in [-0.3, -0.25) is 4.79 Å². The molecule has 0 bridgehead atoms. The lowest BCUT2D eigenvalue weighted by Gasteiger charge is -2.30. The highest BCUT2D eigenvalue weighted by Crippen LogP contribution is 2.18. The Morgan fingerprint density at radius 1 is 1.29 bits per heavy atom. The topological polar surface area (TPSA) is 75.4 Å². The minimum absolute atomic E-state index is 0.107. The van der Waals surface area contributed by atoms with Gasteiger partial charge in [0.2, 0.25) is 5.91 Å². The van der Waals surface area contributed by atoms with E-state index in [1.807, 2.05) is 30.3 Å². The SMILES string of the molecule is NC(=O)C1CCN(C(=O)N/C=C/c2ccccc2Br)CC1. The lowest BCUT2D eigenvalue weighted by Crippen LogP contribution is -2.45. The quantitative estimate of drug-likeness (QED) is 0.876. The van der Waals surface area contributed by atoms with Gasteiger partial charge in [0.15, 0.2) is 0 Å². The minimum atomic E-state index is -0.274. The Balaban J connectivity index is 1.83. The summed E-state index contributed by atoms with van der Waals surface area (Å²) in [6.07, 6.45) is 4.73. The van der Waals surface area contributed by atoms with Crippen molar-refractivity contribution in [3.05, 3.63) is 40.5 Å². The summed E-state index contributed by atoms with van der Waals surface area (Å²) in [6, 6.07) is 7.60. The molecule has 0 aliphatic carbocycles. The Kier molecular flexibility index (Phi) is 5.38. The summed E-state index contributed by atoms with van der Waals surface area (Å²) < 4.78 is 0.970. The number of rotatable bonds is 3. The number of urea groups is 1. The molecule has 0 aromatic heterocycles. The maximum atomic E-state index is 12.0. The number of primary amides is 1. The molecule has 112 valence electrons. The highest BCUT2D eigenvalue weighted by Gasteiger charge is 2.25. The predicted octanol–water partition coefficient (Wildman–Crippen LogP) is 2.33. The number of piperidine rings is 1. The third-order valence-corrected chi connectivity index (χ3v) is 4.28. The van der Waals surface area contributed by atoms with Gasteiger partial charge in [-0.05, 0) is 30.5 Å². The van der Waals surface area contributed by atoms with E-state index in [9.17, 15) is 9.59 Å². The summed E-state index contributed by atoms with van der Waals surface area (Å²) in [5.41, 5.74) is 6.26. The van der Waals surface area contributed by atoms with Crippen LogP contribution in [0.3, 0.4) is 0 Å². The van der Waals surface area contributed by atoms with Gasteiger partial charge in [0.05, 0.1) is 0 Å². The number of hydrogen-bond acceptors (Lipinski definition) is 2. The number of carbonyl (C=O) groups excluding carboxylic acids is 2. The van der Waals surface area contributed by atoms with E-state index in [0.717, 1.165) is 10.0 Å². The van der Waals surface area contributed by atoms with Gasteiger partial charge in [0, 0.05) is 29.7 Å². The molecule has 1 aliphatic rings. The number of hydrogen-bond donors (Lipinski definition) is 2. The number of nitrogens with one attached hydrogen (secondary N) is 1. The molecule has 3 amide bonds. The van der Waals surface area contributed by atoms with Gasteiger partial charge in [-0.15, -0.1) is 0 Å². The van der Waals surface area contributed by atoms with Crippen LogP contribution < -0.4 is 11.1 Å². The summed E-state index contributed by atoms with van der Waals surface area (Å²) >= 11 is 3.44. The summed E-state index contributed by atoms with van der Waals surface area (Å²) in [6.45, 7) is 1.12. The second-order valence-corrected chi connectivity index (χ2v) is 5.82. The van der Waals surface area contributed by atoms with Crippen LogP contribution in [0, 0.1) is 5.92 Å². The van der Waals surface area contributed by atoms with E-state index in [0.29, 0.717) is 25.9 Å². The number of nitrogens with two attached hydrogens (primary N) is 1. The van der Waals surface area contributed by atoms with E-state index >= 15 is 0 Å². The molecule has 2 rings (SSSR count). The number of likely N-dealkylation sites (tertiary alicyclic amines) is 1. The standard InChI is InChI=1S/C15H18BrN3O2/c16-13-4-2-1-3-11(13)5-8-18-15(21)19-9-6-12(7-10-19)14(17)20/h1-5,8,12H,6-7,9-10H2,(H2,17,20)(H,18,21)/b8-5+. The Labute approximate surface area is 132 Å². The van der Waals surface area contributed by atoms with E-state index in [1.54, 1.807) is 11.1 Å². The Hall–Kier alpha value is -1.82. The first-order valence-electron chi connectivity index (χ1n) is 6.84. The Morgan fingerprint density at radius 3 is 2.57 bits per heavy atom. The van der Waals surface area contributed by atoms with Crippen LogP contribution in [-0.4, -0.2) is 29.9 Å². The first-order chi connectivity index (χ1) is 10.1. The predicted molar refractivity (Wildman–Crippen MR) is 85.2 cm³/mol.